The van der Waals surface area contributed by atoms with E-state index in [2.05, 4.69) is 5.32 Å². The summed E-state index contributed by atoms with van der Waals surface area (Å²) in [4.78, 5) is 13.8. The number of rotatable bonds is 5. The third kappa shape index (κ3) is 4.91. The lowest BCUT2D eigenvalue weighted by atomic mass is 10.1. The Hall–Kier alpha value is -1.75. The van der Waals surface area contributed by atoms with Gasteiger partial charge in [0, 0.05) is 13.1 Å². The predicted molar refractivity (Wildman–Crippen MR) is 86.1 cm³/mol. The van der Waals surface area contributed by atoms with Gasteiger partial charge in [0.05, 0.1) is 12.6 Å². The van der Waals surface area contributed by atoms with Crippen LogP contribution in [0.25, 0.3) is 0 Å². The van der Waals surface area contributed by atoms with E-state index in [0.29, 0.717) is 19.6 Å². The Kier molecular flexibility index (Phi) is 6.07. The second-order valence-electron chi connectivity index (χ2n) is 5.89. The molecule has 0 aromatic heterocycles. The average molecular weight is 306 g/mol. The minimum atomic E-state index is -0.398. The second kappa shape index (κ2) is 8.03. The lowest BCUT2D eigenvalue weighted by molar-refractivity contribution is 0.0829. The first kappa shape index (κ1) is 16.6. The first-order valence-electron chi connectivity index (χ1n) is 8.02. The molecule has 5 heteroatoms. The zero-order valence-electron chi connectivity index (χ0n) is 13.4. The minimum absolute atomic E-state index is 0.0551. The van der Waals surface area contributed by atoms with Gasteiger partial charge in [-0.15, -0.1) is 0 Å². The van der Waals surface area contributed by atoms with Crippen LogP contribution in [0.4, 0.5) is 4.79 Å². The fraction of sp³-hybridized carbons (Fsp3) is 0.588. The van der Waals surface area contributed by atoms with Gasteiger partial charge >= 0.3 is 6.03 Å². The van der Waals surface area contributed by atoms with Gasteiger partial charge in [-0.05, 0) is 43.9 Å². The van der Waals surface area contributed by atoms with Gasteiger partial charge in [-0.3, -0.25) is 0 Å². The summed E-state index contributed by atoms with van der Waals surface area (Å²) in [5.74, 6) is 0.828. The highest BCUT2D eigenvalue weighted by atomic mass is 16.5. The molecule has 5 nitrogen and oxygen atoms in total. The molecule has 2 N–H and O–H groups in total. The SMILES string of the molecule is CCC(CNC(=O)N1CCCC(O)C1)Oc1cccc(C)c1. The van der Waals surface area contributed by atoms with Gasteiger partial charge in [0.15, 0.2) is 0 Å². The van der Waals surface area contributed by atoms with Crippen molar-refractivity contribution in [2.24, 2.45) is 0 Å². The maximum Gasteiger partial charge on any atom is 0.317 e. The van der Waals surface area contributed by atoms with Crippen molar-refractivity contribution in [2.45, 2.75) is 45.3 Å². The number of aliphatic hydroxyl groups is 1. The Morgan fingerprint density at radius 3 is 3.05 bits per heavy atom. The lowest BCUT2D eigenvalue weighted by Crippen LogP contribution is -2.49. The second-order valence-corrected chi connectivity index (χ2v) is 5.89. The fourth-order valence-electron chi connectivity index (χ4n) is 2.60. The van der Waals surface area contributed by atoms with Crippen LogP contribution in [0.1, 0.15) is 31.7 Å². The Morgan fingerprint density at radius 1 is 1.55 bits per heavy atom. The van der Waals surface area contributed by atoms with Crippen LogP contribution < -0.4 is 10.1 Å². The summed E-state index contributed by atoms with van der Waals surface area (Å²) in [5, 5.41) is 12.5. The third-order valence-electron chi connectivity index (χ3n) is 3.91. The van der Waals surface area contributed by atoms with Crippen molar-refractivity contribution < 1.29 is 14.6 Å². The normalized spacial score (nSPS) is 19.6. The molecule has 2 amide bonds. The van der Waals surface area contributed by atoms with E-state index in [4.69, 9.17) is 4.74 Å². The highest BCUT2D eigenvalue weighted by Gasteiger charge is 2.22. The third-order valence-corrected chi connectivity index (χ3v) is 3.91. The molecule has 1 saturated heterocycles. The van der Waals surface area contributed by atoms with E-state index in [0.717, 1.165) is 30.6 Å². The Labute approximate surface area is 132 Å². The van der Waals surface area contributed by atoms with Crippen LogP contribution in [0.2, 0.25) is 0 Å². The zero-order valence-corrected chi connectivity index (χ0v) is 13.4. The molecule has 0 aliphatic carbocycles. The number of hydrogen-bond donors (Lipinski definition) is 2. The summed E-state index contributed by atoms with van der Waals surface area (Å²) in [6, 6.07) is 7.79. The van der Waals surface area contributed by atoms with Crippen LogP contribution >= 0.6 is 0 Å². The molecular weight excluding hydrogens is 280 g/mol. The van der Waals surface area contributed by atoms with E-state index in [9.17, 15) is 9.90 Å². The number of amides is 2. The molecule has 122 valence electrons. The lowest BCUT2D eigenvalue weighted by Gasteiger charge is -2.30. The van der Waals surface area contributed by atoms with E-state index in [1.807, 2.05) is 38.1 Å². The van der Waals surface area contributed by atoms with Gasteiger partial charge in [-0.2, -0.15) is 0 Å². The molecule has 1 aliphatic rings. The number of carbonyl (C=O) groups is 1. The smallest absolute Gasteiger partial charge is 0.317 e. The highest BCUT2D eigenvalue weighted by Crippen LogP contribution is 2.15. The van der Waals surface area contributed by atoms with Crippen LogP contribution in [0.5, 0.6) is 5.75 Å². The van der Waals surface area contributed by atoms with Crippen LogP contribution in [0.15, 0.2) is 24.3 Å². The van der Waals surface area contributed by atoms with Crippen molar-refractivity contribution in [3.63, 3.8) is 0 Å². The first-order valence-corrected chi connectivity index (χ1v) is 8.02. The topological polar surface area (TPSA) is 61.8 Å². The number of urea groups is 1. The first-order chi connectivity index (χ1) is 10.6. The number of hydrogen-bond acceptors (Lipinski definition) is 3. The molecule has 1 heterocycles. The van der Waals surface area contributed by atoms with Crippen molar-refractivity contribution in [1.29, 1.82) is 0 Å². The van der Waals surface area contributed by atoms with Crippen LogP contribution in [-0.4, -0.2) is 47.9 Å². The number of carbonyl (C=O) groups excluding carboxylic acids is 1. The number of β-amino-alcohol motifs (C(OH)–C–C–N with tert-alkyl or cyclic N) is 1. The summed E-state index contributed by atoms with van der Waals surface area (Å²) < 4.78 is 5.92. The van der Waals surface area contributed by atoms with E-state index in [1.165, 1.54) is 0 Å². The molecule has 0 radical (unpaired) electrons. The molecule has 0 saturated carbocycles. The van der Waals surface area contributed by atoms with Crippen molar-refractivity contribution in [3.8, 4) is 5.75 Å². The molecular formula is C17H26N2O3. The molecule has 2 atom stereocenters. The monoisotopic (exact) mass is 306 g/mol. The average Bonchev–Trinajstić information content (AvgIpc) is 2.51. The maximum atomic E-state index is 12.1. The number of aryl methyl sites for hydroxylation is 1. The molecule has 0 bridgehead atoms. The van der Waals surface area contributed by atoms with Gasteiger partial charge in [0.25, 0.3) is 0 Å². The highest BCUT2D eigenvalue weighted by molar-refractivity contribution is 5.74. The van der Waals surface area contributed by atoms with Crippen LogP contribution in [-0.2, 0) is 0 Å². The molecule has 1 aliphatic heterocycles. The number of aliphatic hydroxyl groups excluding tert-OH is 1. The molecule has 2 rings (SSSR count). The standard InChI is InChI=1S/C17H26N2O3/c1-3-15(22-16-8-4-6-13(2)10-16)11-18-17(21)19-9-5-7-14(20)12-19/h4,6,8,10,14-15,20H,3,5,7,9,11-12H2,1-2H3,(H,18,21). The quantitative estimate of drug-likeness (QED) is 0.877. The molecule has 2 unspecified atom stereocenters. The number of nitrogens with one attached hydrogen (secondary N) is 1. The van der Waals surface area contributed by atoms with E-state index < -0.39 is 6.10 Å². The van der Waals surface area contributed by atoms with Gasteiger partial charge in [-0.1, -0.05) is 19.1 Å². The Bertz CT molecular complexity index is 493. The van der Waals surface area contributed by atoms with Gasteiger partial charge in [0.1, 0.15) is 11.9 Å². The Morgan fingerprint density at radius 2 is 2.36 bits per heavy atom. The zero-order chi connectivity index (χ0) is 15.9. The molecule has 1 aromatic carbocycles. The molecule has 1 aromatic rings. The summed E-state index contributed by atoms with van der Waals surface area (Å²) >= 11 is 0. The van der Waals surface area contributed by atoms with Crippen molar-refractivity contribution in [1.82, 2.24) is 10.2 Å². The number of benzene rings is 1. The van der Waals surface area contributed by atoms with Gasteiger partial charge < -0.3 is 20.1 Å². The van der Waals surface area contributed by atoms with Gasteiger partial charge in [0.2, 0.25) is 0 Å². The van der Waals surface area contributed by atoms with Gasteiger partial charge in [-0.25, -0.2) is 4.79 Å². The largest absolute Gasteiger partial charge is 0.489 e. The summed E-state index contributed by atoms with van der Waals surface area (Å²) in [6.07, 6.45) is 1.99. The minimum Gasteiger partial charge on any atom is -0.489 e. The van der Waals surface area contributed by atoms with Crippen molar-refractivity contribution in [3.05, 3.63) is 29.8 Å². The number of nitrogens with zero attached hydrogens (tertiary/aromatic N) is 1. The Balaban J connectivity index is 1.81. The number of ether oxygens (including phenoxy) is 1. The van der Waals surface area contributed by atoms with E-state index in [-0.39, 0.29) is 12.1 Å². The predicted octanol–water partition coefficient (Wildman–Crippen LogP) is 2.32. The summed E-state index contributed by atoms with van der Waals surface area (Å²) in [6.45, 7) is 5.66. The van der Waals surface area contributed by atoms with E-state index in [1.54, 1.807) is 4.90 Å². The molecule has 1 fully saturated rings. The molecule has 0 spiro atoms. The summed E-state index contributed by atoms with van der Waals surface area (Å²) in [5.41, 5.74) is 1.15. The number of piperidine rings is 1. The summed E-state index contributed by atoms with van der Waals surface area (Å²) in [7, 11) is 0. The van der Waals surface area contributed by atoms with Crippen LogP contribution in [0.3, 0.4) is 0 Å². The molecule has 22 heavy (non-hydrogen) atoms. The number of likely N-dealkylation sites (tertiary alicyclic amines) is 1. The van der Waals surface area contributed by atoms with E-state index >= 15 is 0 Å². The van der Waals surface area contributed by atoms with Crippen molar-refractivity contribution in [2.75, 3.05) is 19.6 Å². The van der Waals surface area contributed by atoms with Crippen molar-refractivity contribution >= 4 is 6.03 Å². The fourth-order valence-corrected chi connectivity index (χ4v) is 2.60. The van der Waals surface area contributed by atoms with Crippen LogP contribution in [0, 0.1) is 6.92 Å². The maximum absolute atomic E-state index is 12.1.